The van der Waals surface area contributed by atoms with Gasteiger partial charge in [0.25, 0.3) is 5.89 Å². The summed E-state index contributed by atoms with van der Waals surface area (Å²) in [7, 11) is 0. The minimum absolute atomic E-state index is 0.445. The molecular weight excluding hydrogens is 196 g/mol. The van der Waals surface area contributed by atoms with Crippen LogP contribution in [0, 0.1) is 6.92 Å². The molecule has 15 heavy (non-hydrogen) atoms. The Kier molecular flexibility index (Phi) is 2.77. The van der Waals surface area contributed by atoms with E-state index < -0.39 is 0 Å². The molecule has 0 aliphatic heterocycles. The van der Waals surface area contributed by atoms with E-state index in [1.54, 1.807) is 13.1 Å². The van der Waals surface area contributed by atoms with Gasteiger partial charge in [-0.15, -0.1) is 10.2 Å². The van der Waals surface area contributed by atoms with E-state index in [2.05, 4.69) is 15.4 Å². The van der Waals surface area contributed by atoms with Gasteiger partial charge in [0.05, 0.1) is 6.20 Å². The van der Waals surface area contributed by atoms with Gasteiger partial charge in [-0.1, -0.05) is 5.16 Å². The van der Waals surface area contributed by atoms with Crippen LogP contribution in [-0.4, -0.2) is 21.9 Å². The summed E-state index contributed by atoms with van der Waals surface area (Å²) >= 11 is 0. The molecule has 0 spiro atoms. The van der Waals surface area contributed by atoms with Crippen molar-refractivity contribution in [1.82, 2.24) is 15.4 Å². The first-order valence-corrected chi connectivity index (χ1v) is 4.75. The van der Waals surface area contributed by atoms with Crippen molar-refractivity contribution in [2.45, 2.75) is 19.8 Å². The van der Waals surface area contributed by atoms with Crippen molar-refractivity contribution in [2.24, 2.45) is 5.73 Å². The summed E-state index contributed by atoms with van der Waals surface area (Å²) in [6.45, 7) is 2.41. The number of rotatable bonds is 4. The molecule has 0 unspecified atom stereocenters. The third-order valence-corrected chi connectivity index (χ3v) is 2.04. The van der Waals surface area contributed by atoms with Crippen LogP contribution in [0.2, 0.25) is 0 Å². The van der Waals surface area contributed by atoms with Gasteiger partial charge in [0.1, 0.15) is 11.3 Å². The van der Waals surface area contributed by atoms with Crippen LogP contribution in [0.5, 0.6) is 0 Å². The molecule has 0 fully saturated rings. The van der Waals surface area contributed by atoms with Crippen molar-refractivity contribution in [1.29, 1.82) is 0 Å². The van der Waals surface area contributed by atoms with Gasteiger partial charge < -0.3 is 14.7 Å². The zero-order chi connectivity index (χ0) is 10.7. The Balaban J connectivity index is 2.17. The fraction of sp³-hybridized carbons (Fsp3) is 0.444. The number of aromatic nitrogens is 3. The molecule has 2 aromatic rings. The second-order valence-electron chi connectivity index (χ2n) is 3.19. The predicted molar refractivity (Wildman–Crippen MR) is 51.9 cm³/mol. The van der Waals surface area contributed by atoms with Crippen molar-refractivity contribution >= 4 is 0 Å². The molecule has 2 heterocycles. The van der Waals surface area contributed by atoms with Gasteiger partial charge in [-0.05, 0) is 19.9 Å². The molecule has 0 amide bonds. The van der Waals surface area contributed by atoms with E-state index in [-0.39, 0.29) is 0 Å². The Morgan fingerprint density at radius 1 is 1.40 bits per heavy atom. The highest BCUT2D eigenvalue weighted by Gasteiger charge is 2.13. The smallest absolute Gasteiger partial charge is 0.252 e. The number of hydrogen-bond donors (Lipinski definition) is 1. The predicted octanol–water partition coefficient (Wildman–Crippen LogP) is 0.924. The van der Waals surface area contributed by atoms with E-state index in [9.17, 15) is 0 Å². The van der Waals surface area contributed by atoms with Crippen molar-refractivity contribution in [2.75, 3.05) is 6.54 Å². The Hall–Kier alpha value is -1.69. The maximum Gasteiger partial charge on any atom is 0.252 e. The monoisotopic (exact) mass is 208 g/mol. The lowest BCUT2D eigenvalue weighted by atomic mass is 10.3. The highest BCUT2D eigenvalue weighted by atomic mass is 16.5. The van der Waals surface area contributed by atoms with Crippen LogP contribution in [-0.2, 0) is 6.42 Å². The minimum atomic E-state index is 0.445. The maximum absolute atomic E-state index is 5.43. The first kappa shape index (κ1) is 9.85. The summed E-state index contributed by atoms with van der Waals surface area (Å²) in [5.74, 6) is 1.71. The number of nitrogens with two attached hydrogens (primary N) is 1. The van der Waals surface area contributed by atoms with Gasteiger partial charge in [-0.25, -0.2) is 0 Å². The molecule has 0 aromatic carbocycles. The molecule has 2 N–H and O–H groups in total. The molecule has 2 aromatic heterocycles. The zero-order valence-electron chi connectivity index (χ0n) is 8.43. The molecule has 0 saturated heterocycles. The first-order valence-electron chi connectivity index (χ1n) is 4.75. The summed E-state index contributed by atoms with van der Waals surface area (Å²) in [6.07, 6.45) is 3.10. The lowest BCUT2D eigenvalue weighted by Gasteiger charge is -1.90. The molecule has 0 radical (unpaired) electrons. The second kappa shape index (κ2) is 4.22. The first-order chi connectivity index (χ1) is 7.31. The molecule has 0 atom stereocenters. The normalized spacial score (nSPS) is 10.8. The molecule has 0 bridgehead atoms. The number of aryl methyl sites for hydroxylation is 2. The average Bonchev–Trinajstić information content (AvgIpc) is 2.83. The highest BCUT2D eigenvalue weighted by Crippen LogP contribution is 2.21. The summed E-state index contributed by atoms with van der Waals surface area (Å²) < 4.78 is 10.3. The van der Waals surface area contributed by atoms with Crippen LogP contribution < -0.4 is 5.73 Å². The van der Waals surface area contributed by atoms with Crippen LogP contribution in [0.4, 0.5) is 0 Å². The Labute approximate surface area is 86.5 Å². The summed E-state index contributed by atoms with van der Waals surface area (Å²) in [5.41, 5.74) is 6.12. The molecule has 6 nitrogen and oxygen atoms in total. The van der Waals surface area contributed by atoms with Crippen LogP contribution in [0.1, 0.15) is 18.1 Å². The van der Waals surface area contributed by atoms with E-state index in [1.807, 2.05) is 0 Å². The Morgan fingerprint density at radius 2 is 2.27 bits per heavy atom. The fourth-order valence-corrected chi connectivity index (χ4v) is 1.22. The van der Waals surface area contributed by atoms with Crippen LogP contribution >= 0.6 is 0 Å². The Bertz CT molecular complexity index is 435. The number of hydrogen-bond acceptors (Lipinski definition) is 6. The maximum atomic E-state index is 5.43. The molecule has 0 aliphatic carbocycles. The summed E-state index contributed by atoms with van der Waals surface area (Å²) in [4.78, 5) is 0. The van der Waals surface area contributed by atoms with Gasteiger partial charge in [0.2, 0.25) is 5.89 Å². The van der Waals surface area contributed by atoms with Crippen molar-refractivity contribution < 1.29 is 8.94 Å². The van der Waals surface area contributed by atoms with Crippen molar-refractivity contribution in [3.63, 3.8) is 0 Å². The highest BCUT2D eigenvalue weighted by molar-refractivity contribution is 5.52. The van der Waals surface area contributed by atoms with Crippen molar-refractivity contribution in [3.8, 4) is 11.5 Å². The third-order valence-electron chi connectivity index (χ3n) is 2.04. The topological polar surface area (TPSA) is 91.0 Å². The quantitative estimate of drug-likeness (QED) is 0.803. The molecule has 2 rings (SSSR count). The van der Waals surface area contributed by atoms with E-state index in [0.29, 0.717) is 30.5 Å². The van der Waals surface area contributed by atoms with Gasteiger partial charge in [-0.2, -0.15) is 0 Å². The molecule has 80 valence electrons. The average molecular weight is 208 g/mol. The summed E-state index contributed by atoms with van der Waals surface area (Å²) in [6, 6.07) is 0. The van der Waals surface area contributed by atoms with Gasteiger partial charge >= 0.3 is 0 Å². The second-order valence-corrected chi connectivity index (χ2v) is 3.19. The van der Waals surface area contributed by atoms with Crippen LogP contribution in [0.25, 0.3) is 11.5 Å². The van der Waals surface area contributed by atoms with E-state index >= 15 is 0 Å². The van der Waals surface area contributed by atoms with Crippen LogP contribution in [0.3, 0.4) is 0 Å². The van der Waals surface area contributed by atoms with Gasteiger partial charge in [0.15, 0.2) is 0 Å². The molecule has 0 aliphatic rings. The fourth-order valence-electron chi connectivity index (χ4n) is 1.22. The molecule has 0 saturated carbocycles. The Morgan fingerprint density at radius 3 is 2.93 bits per heavy atom. The molecular formula is C9H12N4O2. The third kappa shape index (κ3) is 2.04. The summed E-state index contributed by atoms with van der Waals surface area (Å²) in [5, 5.41) is 11.5. The lowest BCUT2D eigenvalue weighted by molar-refractivity contribution is 0.397. The standard InChI is InChI=1S/C9H12N4O2/c1-6-7(5-11-15-6)9-13-12-8(14-9)3-2-4-10/h5H,2-4,10H2,1H3. The van der Waals surface area contributed by atoms with E-state index in [4.69, 9.17) is 14.7 Å². The number of nitrogens with zero attached hydrogens (tertiary/aromatic N) is 3. The van der Waals surface area contributed by atoms with Crippen LogP contribution in [0.15, 0.2) is 15.1 Å². The van der Waals surface area contributed by atoms with E-state index in [1.165, 1.54) is 0 Å². The lowest BCUT2D eigenvalue weighted by Crippen LogP contribution is -2.00. The largest absolute Gasteiger partial charge is 0.421 e. The van der Waals surface area contributed by atoms with E-state index in [0.717, 1.165) is 12.0 Å². The minimum Gasteiger partial charge on any atom is -0.421 e. The van der Waals surface area contributed by atoms with Gasteiger partial charge in [0, 0.05) is 6.42 Å². The molecule has 6 heteroatoms. The van der Waals surface area contributed by atoms with Crippen molar-refractivity contribution in [3.05, 3.63) is 17.8 Å². The zero-order valence-corrected chi connectivity index (χ0v) is 8.43. The van der Waals surface area contributed by atoms with Gasteiger partial charge in [-0.3, -0.25) is 0 Å². The SMILES string of the molecule is Cc1oncc1-c1nnc(CCCN)o1.